The first-order valence-electron chi connectivity index (χ1n) is 20.1. The standard InChI is InChI=1S/C13H18N2.2C12H16N2.C11H15N3/c1-13(2,3)8-10-5-6-12-11(7-10)14-9-15(12)4;1-12(2,3)9-5-6-11-10(7-9)13-8-14(11)4;1-12(2,3)7-9-4-5-10-11(6-9)14-8-13-10;1-11(2,3)8-6-5-7-9-10(8)12-13-14(9)4/h5-7,9H,8H2,1-4H3;5-8H,1-4H3;4-6H,7-8H2,1-3H3;5-7H,1-4H3. The first kappa shape index (κ1) is 43.0. The number of imidazole rings is 2. The number of benzene rings is 4. The monoisotopic (exact) mass is 768 g/mol. The van der Waals surface area contributed by atoms with Crippen LogP contribution in [0.5, 0.6) is 0 Å². The SMILES string of the molecule is CC(C)(C)Cc1ccc2c(c1)=NCN=2.Cn1cnc2cc(C(C)(C)C)ccc21.Cn1cnc2cc(CC(C)(C)C)ccc21.Cn1nnc2c(C(C)(C)C)cccc21. The molecule has 9 nitrogen and oxygen atoms in total. The average molecular weight is 768 g/mol. The summed E-state index contributed by atoms with van der Waals surface area (Å²) in [5.41, 5.74) is 13.0. The van der Waals surface area contributed by atoms with Crippen molar-refractivity contribution in [1.29, 1.82) is 0 Å². The van der Waals surface area contributed by atoms with Crippen LogP contribution in [0.25, 0.3) is 33.1 Å². The lowest BCUT2D eigenvalue weighted by Gasteiger charge is -2.18. The van der Waals surface area contributed by atoms with E-state index in [1.807, 2.05) is 49.1 Å². The molecule has 0 fully saturated rings. The van der Waals surface area contributed by atoms with Gasteiger partial charge in [-0.3, -0.25) is 9.98 Å². The molecule has 0 bridgehead atoms. The van der Waals surface area contributed by atoms with Crippen molar-refractivity contribution in [2.24, 2.45) is 42.0 Å². The third-order valence-corrected chi connectivity index (χ3v) is 9.82. The minimum Gasteiger partial charge on any atom is -0.334 e. The predicted octanol–water partition coefficient (Wildman–Crippen LogP) is 9.78. The Hall–Kier alpha value is -5.18. The van der Waals surface area contributed by atoms with Crippen LogP contribution in [-0.4, -0.2) is 40.8 Å². The second-order valence-electron chi connectivity index (χ2n) is 19.9. The van der Waals surface area contributed by atoms with E-state index in [1.54, 1.807) is 0 Å². The fraction of sp³-hybridized carbons (Fsp3) is 0.458. The van der Waals surface area contributed by atoms with Crippen LogP contribution >= 0.6 is 0 Å². The van der Waals surface area contributed by atoms with Crippen LogP contribution in [0.1, 0.15) is 105 Å². The van der Waals surface area contributed by atoms with Crippen molar-refractivity contribution >= 4 is 33.1 Å². The highest BCUT2D eigenvalue weighted by molar-refractivity contribution is 5.79. The van der Waals surface area contributed by atoms with Gasteiger partial charge in [0.2, 0.25) is 0 Å². The summed E-state index contributed by atoms with van der Waals surface area (Å²) in [6.07, 6.45) is 5.91. The lowest BCUT2D eigenvalue weighted by Crippen LogP contribution is -2.23. The number of rotatable bonds is 2. The third-order valence-electron chi connectivity index (χ3n) is 9.82. The van der Waals surface area contributed by atoms with Gasteiger partial charge in [0.25, 0.3) is 0 Å². The fourth-order valence-electron chi connectivity index (χ4n) is 6.91. The van der Waals surface area contributed by atoms with Gasteiger partial charge in [0.05, 0.1) is 51.0 Å². The molecule has 9 heteroatoms. The highest BCUT2D eigenvalue weighted by Gasteiger charge is 2.19. The van der Waals surface area contributed by atoms with Crippen molar-refractivity contribution in [1.82, 2.24) is 34.1 Å². The highest BCUT2D eigenvalue weighted by atomic mass is 15.4. The molecule has 302 valence electrons. The van der Waals surface area contributed by atoms with Crippen molar-refractivity contribution in [2.45, 2.75) is 107 Å². The number of aryl methyl sites for hydroxylation is 3. The molecule has 0 atom stereocenters. The molecular formula is C48H65N9. The van der Waals surface area contributed by atoms with Crippen LogP contribution < -0.4 is 10.7 Å². The summed E-state index contributed by atoms with van der Waals surface area (Å²) in [5, 5.41) is 10.3. The van der Waals surface area contributed by atoms with E-state index in [2.05, 4.69) is 185 Å². The van der Waals surface area contributed by atoms with Crippen molar-refractivity contribution in [3.8, 4) is 0 Å². The second-order valence-corrected chi connectivity index (χ2v) is 19.9. The maximum Gasteiger partial charge on any atom is 0.130 e. The Morgan fingerprint density at radius 2 is 1.09 bits per heavy atom. The van der Waals surface area contributed by atoms with E-state index in [-0.39, 0.29) is 10.8 Å². The Kier molecular flexibility index (Phi) is 12.6. The van der Waals surface area contributed by atoms with Gasteiger partial charge in [-0.1, -0.05) is 119 Å². The fourth-order valence-corrected chi connectivity index (χ4v) is 6.91. The van der Waals surface area contributed by atoms with Crippen molar-refractivity contribution < 1.29 is 0 Å². The quantitative estimate of drug-likeness (QED) is 0.175. The molecule has 1 aliphatic heterocycles. The molecule has 0 saturated heterocycles. The molecule has 4 heterocycles. The van der Waals surface area contributed by atoms with Gasteiger partial charge in [-0.25, -0.2) is 14.6 Å². The van der Waals surface area contributed by atoms with Gasteiger partial charge in [0.1, 0.15) is 12.2 Å². The van der Waals surface area contributed by atoms with E-state index in [4.69, 9.17) is 0 Å². The normalized spacial score (nSPS) is 12.8. The zero-order valence-corrected chi connectivity index (χ0v) is 37.2. The van der Waals surface area contributed by atoms with Gasteiger partial charge in [-0.15, -0.1) is 5.10 Å². The molecule has 7 aromatic rings. The number of aromatic nitrogens is 7. The molecule has 0 radical (unpaired) electrons. The minimum absolute atomic E-state index is 0.121. The van der Waals surface area contributed by atoms with Crippen LogP contribution in [0.2, 0.25) is 0 Å². The molecule has 1 aliphatic rings. The molecule has 0 unspecified atom stereocenters. The molecule has 0 amide bonds. The Morgan fingerprint density at radius 1 is 0.544 bits per heavy atom. The molecule has 0 spiro atoms. The van der Waals surface area contributed by atoms with Crippen molar-refractivity contribution in [3.05, 3.63) is 118 Å². The molecule has 4 aromatic carbocycles. The van der Waals surface area contributed by atoms with Gasteiger partial charge < -0.3 is 9.13 Å². The van der Waals surface area contributed by atoms with Crippen molar-refractivity contribution in [2.75, 3.05) is 6.67 Å². The summed E-state index contributed by atoms with van der Waals surface area (Å²) in [7, 11) is 5.96. The van der Waals surface area contributed by atoms with E-state index < -0.39 is 0 Å². The summed E-state index contributed by atoms with van der Waals surface area (Å²) in [5.74, 6) is 0. The molecule has 0 aliphatic carbocycles. The van der Waals surface area contributed by atoms with E-state index in [1.165, 1.54) is 33.3 Å². The highest BCUT2D eigenvalue weighted by Crippen LogP contribution is 2.28. The van der Waals surface area contributed by atoms with Crippen LogP contribution in [0.3, 0.4) is 0 Å². The van der Waals surface area contributed by atoms with E-state index in [0.29, 0.717) is 17.5 Å². The summed E-state index contributed by atoms with van der Waals surface area (Å²) >= 11 is 0. The minimum atomic E-state index is 0.121. The Morgan fingerprint density at radius 3 is 1.67 bits per heavy atom. The Balaban J connectivity index is 0.000000145. The first-order valence-corrected chi connectivity index (χ1v) is 20.1. The summed E-state index contributed by atoms with van der Waals surface area (Å²) in [4.78, 5) is 17.3. The summed E-state index contributed by atoms with van der Waals surface area (Å²) in [6.45, 7) is 27.4. The summed E-state index contributed by atoms with van der Waals surface area (Å²) < 4.78 is 5.91. The molecule has 8 rings (SSSR count). The largest absolute Gasteiger partial charge is 0.334 e. The van der Waals surface area contributed by atoms with Gasteiger partial charge in [0, 0.05) is 21.1 Å². The Bertz CT molecular complexity index is 2570. The lowest BCUT2D eigenvalue weighted by atomic mass is 9.86. The zero-order chi connectivity index (χ0) is 41.9. The van der Waals surface area contributed by atoms with Crippen LogP contribution in [-0.2, 0) is 44.8 Å². The first-order chi connectivity index (χ1) is 26.5. The molecule has 0 N–H and O–H groups in total. The summed E-state index contributed by atoms with van der Waals surface area (Å²) in [6, 6.07) is 25.7. The zero-order valence-electron chi connectivity index (χ0n) is 37.2. The van der Waals surface area contributed by atoms with Gasteiger partial charge in [0.15, 0.2) is 0 Å². The lowest BCUT2D eigenvalue weighted by molar-refractivity contribution is 0.411. The Labute approximate surface area is 340 Å². The second kappa shape index (κ2) is 16.7. The smallest absolute Gasteiger partial charge is 0.130 e. The number of fused-ring (bicyclic) bond motifs is 4. The predicted molar refractivity (Wildman–Crippen MR) is 237 cm³/mol. The molecule has 3 aromatic heterocycles. The number of hydrogen-bond acceptors (Lipinski definition) is 6. The average Bonchev–Trinajstić information content (AvgIpc) is 3.90. The molecule has 0 saturated carbocycles. The maximum absolute atomic E-state index is 4.37. The van der Waals surface area contributed by atoms with Gasteiger partial charge in [-0.2, -0.15) is 0 Å². The van der Waals surface area contributed by atoms with Crippen LogP contribution in [0.4, 0.5) is 0 Å². The van der Waals surface area contributed by atoms with E-state index in [9.17, 15) is 0 Å². The van der Waals surface area contributed by atoms with Crippen molar-refractivity contribution in [3.63, 3.8) is 0 Å². The van der Waals surface area contributed by atoms with Crippen LogP contribution in [0.15, 0.2) is 95.4 Å². The van der Waals surface area contributed by atoms with Crippen LogP contribution in [0, 0.1) is 10.8 Å². The van der Waals surface area contributed by atoms with E-state index >= 15 is 0 Å². The topological polar surface area (TPSA) is 91.1 Å². The van der Waals surface area contributed by atoms with Gasteiger partial charge >= 0.3 is 0 Å². The number of hydrogen-bond donors (Lipinski definition) is 0. The maximum atomic E-state index is 4.37. The van der Waals surface area contributed by atoms with Gasteiger partial charge in [-0.05, 0) is 99.2 Å². The molecule has 57 heavy (non-hydrogen) atoms. The third kappa shape index (κ3) is 11.5. The van der Waals surface area contributed by atoms with E-state index in [0.717, 1.165) is 45.6 Å². The molecular weight excluding hydrogens is 703 g/mol. The number of nitrogens with zero attached hydrogens (tertiary/aromatic N) is 9.